The van der Waals surface area contributed by atoms with E-state index in [1.165, 1.54) is 0 Å². The molecule has 0 aromatic carbocycles. The molecule has 0 N–H and O–H groups in total. The lowest BCUT2D eigenvalue weighted by atomic mass is 9.85. The van der Waals surface area contributed by atoms with Gasteiger partial charge in [0, 0.05) is 31.0 Å². The zero-order valence-corrected chi connectivity index (χ0v) is 14.3. The normalized spacial score (nSPS) is 22.0. The van der Waals surface area contributed by atoms with Gasteiger partial charge in [-0.3, -0.25) is 4.79 Å². The van der Waals surface area contributed by atoms with E-state index in [1.807, 2.05) is 34.5 Å². The summed E-state index contributed by atoms with van der Waals surface area (Å²) in [6.07, 6.45) is 2.04. The summed E-state index contributed by atoms with van der Waals surface area (Å²) in [5.41, 5.74) is 0.745. The van der Waals surface area contributed by atoms with Crippen molar-refractivity contribution in [1.82, 2.24) is 19.9 Å². The first-order chi connectivity index (χ1) is 10.5. The Balaban J connectivity index is 1.52. The van der Waals surface area contributed by atoms with Gasteiger partial charge >= 0.3 is 0 Å². The zero-order valence-electron chi connectivity index (χ0n) is 13.5. The van der Waals surface area contributed by atoms with Crippen LogP contribution in [0.4, 0.5) is 0 Å². The Morgan fingerprint density at radius 3 is 2.86 bits per heavy atom. The highest BCUT2D eigenvalue weighted by Gasteiger charge is 2.47. The Morgan fingerprint density at radius 1 is 1.55 bits per heavy atom. The van der Waals surface area contributed by atoms with Crippen molar-refractivity contribution in [3.63, 3.8) is 0 Å². The van der Waals surface area contributed by atoms with Crippen LogP contribution >= 0.6 is 11.8 Å². The highest BCUT2D eigenvalue weighted by atomic mass is 32.2. The molecule has 0 spiro atoms. The summed E-state index contributed by atoms with van der Waals surface area (Å²) < 4.78 is 7.10. The Morgan fingerprint density at radius 2 is 2.27 bits per heavy atom. The quantitative estimate of drug-likeness (QED) is 0.795. The van der Waals surface area contributed by atoms with Gasteiger partial charge < -0.3 is 9.64 Å². The lowest BCUT2D eigenvalue weighted by Crippen LogP contribution is -2.60. The molecule has 0 aliphatic carbocycles. The molecule has 2 saturated heterocycles. The second-order valence-corrected chi connectivity index (χ2v) is 7.92. The van der Waals surface area contributed by atoms with Crippen molar-refractivity contribution in [2.45, 2.75) is 32.7 Å². The Bertz CT molecular complexity index is 537. The highest BCUT2D eigenvalue weighted by molar-refractivity contribution is 7.99. The summed E-state index contributed by atoms with van der Waals surface area (Å²) in [5, 5.41) is 8.55. The smallest absolute Gasteiger partial charge is 0.233 e. The number of hydrogen-bond acceptors (Lipinski definition) is 5. The molecule has 0 radical (unpaired) electrons. The summed E-state index contributed by atoms with van der Waals surface area (Å²) in [5.74, 6) is 2.83. The van der Waals surface area contributed by atoms with Crippen LogP contribution in [-0.2, 0) is 9.53 Å². The third-order valence-corrected chi connectivity index (χ3v) is 5.63. The van der Waals surface area contributed by atoms with Gasteiger partial charge in [0.2, 0.25) is 5.91 Å². The van der Waals surface area contributed by atoms with E-state index in [4.69, 9.17) is 4.74 Å². The van der Waals surface area contributed by atoms with Gasteiger partial charge in [0.1, 0.15) is 0 Å². The molecule has 22 heavy (non-hydrogen) atoms. The van der Waals surface area contributed by atoms with Crippen LogP contribution < -0.4 is 0 Å². The molecule has 3 heterocycles. The topological polar surface area (TPSA) is 60.2 Å². The van der Waals surface area contributed by atoms with E-state index in [0.717, 1.165) is 30.3 Å². The highest BCUT2D eigenvalue weighted by Crippen LogP contribution is 2.33. The van der Waals surface area contributed by atoms with Gasteiger partial charge in [0.05, 0.1) is 30.4 Å². The molecule has 1 atom stereocenters. The number of hydrogen-bond donors (Lipinski definition) is 0. The molecule has 1 aromatic rings. The summed E-state index contributed by atoms with van der Waals surface area (Å²) in [6, 6.07) is 0.265. The minimum Gasteiger partial charge on any atom is -0.379 e. The number of amides is 1. The molecule has 122 valence electrons. The van der Waals surface area contributed by atoms with E-state index in [-0.39, 0.29) is 17.4 Å². The maximum absolute atomic E-state index is 12.3. The number of rotatable bonds is 6. The second kappa shape index (κ2) is 6.20. The van der Waals surface area contributed by atoms with Crippen LogP contribution in [0.15, 0.2) is 6.20 Å². The number of ether oxygens (including phenoxy) is 1. The van der Waals surface area contributed by atoms with Crippen molar-refractivity contribution in [1.29, 1.82) is 0 Å². The van der Waals surface area contributed by atoms with Gasteiger partial charge in [0.15, 0.2) is 0 Å². The molecule has 7 heteroatoms. The van der Waals surface area contributed by atoms with Crippen molar-refractivity contribution in [3.8, 4) is 0 Å². The molecule has 2 aliphatic heterocycles. The first-order valence-corrected chi connectivity index (χ1v) is 9.05. The molecule has 0 saturated carbocycles. The number of carbonyl (C=O) groups is 1. The number of carbonyl (C=O) groups excluding carboxylic acids is 1. The zero-order chi connectivity index (χ0) is 15.7. The molecule has 3 rings (SSSR count). The molecule has 2 aliphatic rings. The first-order valence-electron chi connectivity index (χ1n) is 7.90. The molecule has 0 bridgehead atoms. The van der Waals surface area contributed by atoms with Crippen molar-refractivity contribution in [3.05, 3.63) is 11.9 Å². The molecule has 2 fully saturated rings. The minimum atomic E-state index is -0.301. The lowest BCUT2D eigenvalue weighted by Gasteiger charge is -2.46. The largest absolute Gasteiger partial charge is 0.379 e. The van der Waals surface area contributed by atoms with Crippen molar-refractivity contribution in [2.24, 2.45) is 5.41 Å². The van der Waals surface area contributed by atoms with Crippen LogP contribution in [0, 0.1) is 5.41 Å². The van der Waals surface area contributed by atoms with Gasteiger partial charge in [-0.25, -0.2) is 4.68 Å². The Kier molecular flexibility index (Phi) is 4.45. The van der Waals surface area contributed by atoms with Gasteiger partial charge in [0.25, 0.3) is 0 Å². The lowest BCUT2D eigenvalue weighted by molar-refractivity contribution is -0.174. The SMILES string of the molecule is CCSCC(C)c1cn(C2CN(C(=O)C3(C)COC3)C2)nn1. The molecule has 1 aromatic heterocycles. The standard InChI is InChI=1S/C15H24N4O2S/c1-4-22-8-11(2)13-7-19(17-16-13)12-5-18(6-12)14(20)15(3)9-21-10-15/h7,11-12H,4-6,8-10H2,1-3H3. The summed E-state index contributed by atoms with van der Waals surface area (Å²) >= 11 is 1.92. The van der Waals surface area contributed by atoms with E-state index >= 15 is 0 Å². The fourth-order valence-electron chi connectivity index (χ4n) is 2.78. The summed E-state index contributed by atoms with van der Waals surface area (Å²) in [7, 11) is 0. The molecular weight excluding hydrogens is 300 g/mol. The fourth-order valence-corrected chi connectivity index (χ4v) is 3.54. The monoisotopic (exact) mass is 324 g/mol. The maximum atomic E-state index is 12.3. The predicted molar refractivity (Wildman–Crippen MR) is 86.0 cm³/mol. The average molecular weight is 324 g/mol. The van der Waals surface area contributed by atoms with Crippen LogP contribution in [-0.4, -0.2) is 63.6 Å². The van der Waals surface area contributed by atoms with E-state index < -0.39 is 0 Å². The van der Waals surface area contributed by atoms with Crippen LogP contribution in [0.3, 0.4) is 0 Å². The van der Waals surface area contributed by atoms with Gasteiger partial charge in [-0.15, -0.1) is 5.10 Å². The molecule has 6 nitrogen and oxygen atoms in total. The molecule has 1 amide bonds. The van der Waals surface area contributed by atoms with Crippen molar-refractivity contribution in [2.75, 3.05) is 37.8 Å². The third-order valence-electron chi connectivity index (χ3n) is 4.49. The third kappa shape index (κ3) is 2.88. The van der Waals surface area contributed by atoms with E-state index in [2.05, 4.69) is 24.2 Å². The van der Waals surface area contributed by atoms with Crippen LogP contribution in [0.2, 0.25) is 0 Å². The Hall–Kier alpha value is -1.08. The van der Waals surface area contributed by atoms with Gasteiger partial charge in [-0.2, -0.15) is 11.8 Å². The van der Waals surface area contributed by atoms with Crippen molar-refractivity contribution >= 4 is 17.7 Å². The van der Waals surface area contributed by atoms with E-state index in [0.29, 0.717) is 19.1 Å². The maximum Gasteiger partial charge on any atom is 0.233 e. The second-order valence-electron chi connectivity index (χ2n) is 6.60. The predicted octanol–water partition coefficient (Wildman–Crippen LogP) is 1.55. The number of thioether (sulfide) groups is 1. The van der Waals surface area contributed by atoms with Gasteiger partial charge in [-0.1, -0.05) is 19.1 Å². The van der Waals surface area contributed by atoms with E-state index in [1.54, 1.807) is 0 Å². The molecule has 1 unspecified atom stereocenters. The summed E-state index contributed by atoms with van der Waals surface area (Å²) in [6.45, 7) is 8.89. The average Bonchev–Trinajstić information content (AvgIpc) is 2.89. The number of likely N-dealkylation sites (tertiary alicyclic amines) is 1. The number of nitrogens with zero attached hydrogens (tertiary/aromatic N) is 4. The minimum absolute atomic E-state index is 0.211. The van der Waals surface area contributed by atoms with Crippen molar-refractivity contribution < 1.29 is 9.53 Å². The first kappa shape index (κ1) is 15.8. The van der Waals surface area contributed by atoms with Gasteiger partial charge in [-0.05, 0) is 12.7 Å². The number of aromatic nitrogens is 3. The van der Waals surface area contributed by atoms with Crippen LogP contribution in [0.25, 0.3) is 0 Å². The van der Waals surface area contributed by atoms with Crippen LogP contribution in [0.5, 0.6) is 0 Å². The summed E-state index contributed by atoms with van der Waals surface area (Å²) in [4.78, 5) is 14.2. The van der Waals surface area contributed by atoms with E-state index in [9.17, 15) is 4.79 Å². The molecular formula is C15H24N4O2S. The fraction of sp³-hybridized carbons (Fsp3) is 0.800. The van der Waals surface area contributed by atoms with Crippen LogP contribution in [0.1, 0.15) is 38.4 Å². The Labute approximate surface area is 135 Å².